The predicted molar refractivity (Wildman–Crippen MR) is 110 cm³/mol. The van der Waals surface area contributed by atoms with E-state index in [-0.39, 0.29) is 24.1 Å². The number of aromatic amines is 1. The van der Waals surface area contributed by atoms with E-state index in [0.29, 0.717) is 6.42 Å². The fourth-order valence-corrected chi connectivity index (χ4v) is 3.32. The van der Waals surface area contributed by atoms with Crippen molar-refractivity contribution in [2.24, 2.45) is 0 Å². The van der Waals surface area contributed by atoms with Gasteiger partial charge < -0.3 is 20.7 Å². The molecule has 5 heteroatoms. The summed E-state index contributed by atoms with van der Waals surface area (Å²) in [5, 5.41) is 16.7. The van der Waals surface area contributed by atoms with Gasteiger partial charge in [0, 0.05) is 22.8 Å². The monoisotopic (exact) mass is 365 g/mol. The topological polar surface area (TPSA) is 77.2 Å². The lowest BCUT2D eigenvalue weighted by atomic mass is 9.86. The van der Waals surface area contributed by atoms with Crippen LogP contribution in [0, 0.1) is 0 Å². The summed E-state index contributed by atoms with van der Waals surface area (Å²) in [6.45, 7) is 6.20. The van der Waals surface area contributed by atoms with E-state index in [1.54, 1.807) is 0 Å². The second-order valence-corrected chi connectivity index (χ2v) is 7.84. The van der Waals surface area contributed by atoms with E-state index in [1.165, 1.54) is 0 Å². The number of H-pyrrole nitrogens is 1. The quantitative estimate of drug-likeness (QED) is 0.547. The number of carbonyl (C=O) groups is 1. The Hall–Kier alpha value is -2.79. The molecule has 3 aromatic rings. The number of aromatic nitrogens is 1. The highest BCUT2D eigenvalue weighted by atomic mass is 16.3. The van der Waals surface area contributed by atoms with Crippen molar-refractivity contribution in [3.8, 4) is 0 Å². The summed E-state index contributed by atoms with van der Waals surface area (Å²) in [5.74, 6) is 0. The number of urea groups is 1. The van der Waals surface area contributed by atoms with Crippen molar-refractivity contribution in [2.45, 2.75) is 38.6 Å². The van der Waals surface area contributed by atoms with E-state index in [4.69, 9.17) is 0 Å². The molecule has 1 heterocycles. The fraction of sp³-hybridized carbons (Fsp3) is 0.318. The Morgan fingerprint density at radius 1 is 1.11 bits per heavy atom. The summed E-state index contributed by atoms with van der Waals surface area (Å²) in [6.07, 6.45) is 2.48. The minimum Gasteiger partial charge on any atom is -0.394 e. The number of para-hydroxylation sites is 2. The molecule has 3 rings (SSSR count). The Morgan fingerprint density at radius 3 is 2.56 bits per heavy atom. The third kappa shape index (κ3) is 4.49. The molecule has 0 radical (unpaired) electrons. The fourth-order valence-electron chi connectivity index (χ4n) is 3.32. The summed E-state index contributed by atoms with van der Waals surface area (Å²) < 4.78 is 0. The van der Waals surface area contributed by atoms with Crippen LogP contribution in [0.15, 0.2) is 54.7 Å². The van der Waals surface area contributed by atoms with Gasteiger partial charge in [0.1, 0.15) is 0 Å². The standard InChI is InChI=1S/C22H27N3O2/c1-22(2,3)18-9-5-7-11-20(18)25-21(27)24-16(14-26)12-15-13-23-19-10-6-4-8-17(15)19/h4-11,13,16,23,26H,12,14H2,1-3H3,(H2,24,25,27). The summed E-state index contributed by atoms with van der Waals surface area (Å²) >= 11 is 0. The lowest BCUT2D eigenvalue weighted by molar-refractivity contribution is 0.224. The van der Waals surface area contributed by atoms with Gasteiger partial charge in [0.15, 0.2) is 0 Å². The number of benzene rings is 2. The number of rotatable bonds is 5. The molecule has 2 amide bonds. The second kappa shape index (κ2) is 7.84. The summed E-state index contributed by atoms with van der Waals surface area (Å²) in [4.78, 5) is 15.7. The number of aliphatic hydroxyl groups excluding tert-OH is 1. The van der Waals surface area contributed by atoms with Crippen LogP contribution in [0.5, 0.6) is 0 Å². The maximum Gasteiger partial charge on any atom is 0.319 e. The first-order valence-corrected chi connectivity index (χ1v) is 9.21. The molecule has 0 bridgehead atoms. The number of carbonyl (C=O) groups excluding carboxylic acids is 1. The second-order valence-electron chi connectivity index (χ2n) is 7.84. The Labute approximate surface area is 159 Å². The molecular weight excluding hydrogens is 338 g/mol. The van der Waals surface area contributed by atoms with E-state index < -0.39 is 0 Å². The minimum atomic E-state index is -0.369. The van der Waals surface area contributed by atoms with Crippen molar-refractivity contribution in [1.29, 1.82) is 0 Å². The number of hydrogen-bond donors (Lipinski definition) is 4. The van der Waals surface area contributed by atoms with Gasteiger partial charge in [-0.3, -0.25) is 0 Å². The van der Waals surface area contributed by atoms with Crippen LogP contribution in [0.4, 0.5) is 10.5 Å². The first kappa shape index (κ1) is 19.0. The highest BCUT2D eigenvalue weighted by Crippen LogP contribution is 2.29. The van der Waals surface area contributed by atoms with Crippen molar-refractivity contribution < 1.29 is 9.90 Å². The van der Waals surface area contributed by atoms with Gasteiger partial charge in [-0.15, -0.1) is 0 Å². The summed E-state index contributed by atoms with van der Waals surface area (Å²) in [7, 11) is 0. The third-order valence-electron chi connectivity index (χ3n) is 4.68. The highest BCUT2D eigenvalue weighted by molar-refractivity contribution is 5.90. The van der Waals surface area contributed by atoms with E-state index in [1.807, 2.05) is 54.7 Å². The van der Waals surface area contributed by atoms with Crippen molar-refractivity contribution in [2.75, 3.05) is 11.9 Å². The van der Waals surface area contributed by atoms with Crippen LogP contribution in [0.25, 0.3) is 10.9 Å². The normalized spacial score (nSPS) is 12.7. The number of aliphatic hydroxyl groups is 1. The van der Waals surface area contributed by atoms with Gasteiger partial charge in [0.25, 0.3) is 0 Å². The lowest BCUT2D eigenvalue weighted by Crippen LogP contribution is -2.41. The van der Waals surface area contributed by atoms with Crippen LogP contribution in [0.1, 0.15) is 31.9 Å². The van der Waals surface area contributed by atoms with Crippen LogP contribution in [0.2, 0.25) is 0 Å². The van der Waals surface area contributed by atoms with Crippen LogP contribution in [-0.2, 0) is 11.8 Å². The van der Waals surface area contributed by atoms with Crippen LogP contribution < -0.4 is 10.6 Å². The summed E-state index contributed by atoms with van der Waals surface area (Å²) in [6, 6.07) is 15.1. The minimum absolute atomic E-state index is 0.0791. The van der Waals surface area contributed by atoms with Crippen LogP contribution in [0.3, 0.4) is 0 Å². The molecule has 142 valence electrons. The zero-order valence-corrected chi connectivity index (χ0v) is 16.0. The molecule has 0 saturated carbocycles. The smallest absolute Gasteiger partial charge is 0.319 e. The van der Waals surface area contributed by atoms with Crippen molar-refractivity contribution in [3.05, 3.63) is 65.9 Å². The largest absolute Gasteiger partial charge is 0.394 e. The van der Waals surface area contributed by atoms with Gasteiger partial charge in [-0.25, -0.2) is 4.79 Å². The Kier molecular flexibility index (Phi) is 5.51. The van der Waals surface area contributed by atoms with Gasteiger partial charge in [-0.05, 0) is 35.1 Å². The van der Waals surface area contributed by atoms with E-state index in [9.17, 15) is 9.90 Å². The maximum atomic E-state index is 12.5. The Morgan fingerprint density at radius 2 is 1.81 bits per heavy atom. The first-order valence-electron chi connectivity index (χ1n) is 9.21. The SMILES string of the molecule is CC(C)(C)c1ccccc1NC(=O)NC(CO)Cc1c[nH]c2ccccc12. The summed E-state index contributed by atoms with van der Waals surface area (Å²) in [5.41, 5.74) is 3.89. The first-order chi connectivity index (χ1) is 12.9. The van der Waals surface area contributed by atoms with Gasteiger partial charge in [0.05, 0.1) is 12.6 Å². The molecule has 1 unspecified atom stereocenters. The van der Waals surface area contributed by atoms with E-state index in [0.717, 1.165) is 27.7 Å². The molecule has 0 fully saturated rings. The molecule has 1 aromatic heterocycles. The molecule has 4 N–H and O–H groups in total. The Balaban J connectivity index is 1.69. The lowest BCUT2D eigenvalue weighted by Gasteiger charge is -2.24. The third-order valence-corrected chi connectivity index (χ3v) is 4.68. The zero-order valence-electron chi connectivity index (χ0n) is 16.0. The van der Waals surface area contributed by atoms with E-state index in [2.05, 4.69) is 36.4 Å². The van der Waals surface area contributed by atoms with Gasteiger partial charge >= 0.3 is 6.03 Å². The zero-order chi connectivity index (χ0) is 19.4. The molecule has 27 heavy (non-hydrogen) atoms. The van der Waals surface area contributed by atoms with Crippen LogP contribution in [-0.4, -0.2) is 28.8 Å². The van der Waals surface area contributed by atoms with Crippen LogP contribution >= 0.6 is 0 Å². The predicted octanol–water partition coefficient (Wildman–Crippen LogP) is 4.19. The maximum absolute atomic E-state index is 12.5. The number of amides is 2. The van der Waals surface area contributed by atoms with Gasteiger partial charge in [-0.1, -0.05) is 57.2 Å². The highest BCUT2D eigenvalue weighted by Gasteiger charge is 2.20. The number of fused-ring (bicyclic) bond motifs is 1. The van der Waals surface area contributed by atoms with Gasteiger partial charge in [-0.2, -0.15) is 0 Å². The molecule has 0 aliphatic rings. The molecule has 0 saturated heterocycles. The molecular formula is C22H27N3O2. The average Bonchev–Trinajstić information content (AvgIpc) is 3.03. The number of hydrogen-bond acceptors (Lipinski definition) is 2. The molecule has 0 spiro atoms. The molecule has 5 nitrogen and oxygen atoms in total. The van der Waals surface area contributed by atoms with Gasteiger partial charge in [0.2, 0.25) is 0 Å². The van der Waals surface area contributed by atoms with Crippen molar-refractivity contribution in [1.82, 2.24) is 10.3 Å². The van der Waals surface area contributed by atoms with Crippen molar-refractivity contribution >= 4 is 22.6 Å². The molecule has 0 aliphatic heterocycles. The van der Waals surface area contributed by atoms with Crippen molar-refractivity contribution in [3.63, 3.8) is 0 Å². The number of nitrogens with one attached hydrogen (secondary N) is 3. The molecule has 2 aromatic carbocycles. The van der Waals surface area contributed by atoms with E-state index >= 15 is 0 Å². The average molecular weight is 365 g/mol. The Bertz CT molecular complexity index is 924. The number of anilines is 1. The molecule has 1 atom stereocenters. The molecule has 0 aliphatic carbocycles.